The molecular formula is C15H15FN2O2. The lowest BCUT2D eigenvalue weighted by atomic mass is 9.96. The van der Waals surface area contributed by atoms with E-state index in [2.05, 4.69) is 4.98 Å². The number of nitrogens with zero attached hydrogens (tertiary/aromatic N) is 2. The summed E-state index contributed by atoms with van der Waals surface area (Å²) in [5, 5.41) is 9.23. The Kier molecular flexibility index (Phi) is 3.26. The zero-order valence-electron chi connectivity index (χ0n) is 10.9. The SMILES string of the molecule is O=C(O)C1CCCn2c1cnc2Cc1ccccc1F. The van der Waals surface area contributed by atoms with E-state index in [0.717, 1.165) is 24.5 Å². The monoisotopic (exact) mass is 274 g/mol. The summed E-state index contributed by atoms with van der Waals surface area (Å²) in [7, 11) is 0. The van der Waals surface area contributed by atoms with Gasteiger partial charge in [0, 0.05) is 19.2 Å². The Morgan fingerprint density at radius 1 is 1.45 bits per heavy atom. The summed E-state index contributed by atoms with van der Waals surface area (Å²) in [6.07, 6.45) is 3.46. The highest BCUT2D eigenvalue weighted by atomic mass is 19.1. The van der Waals surface area contributed by atoms with E-state index in [4.69, 9.17) is 0 Å². The van der Waals surface area contributed by atoms with Crippen LogP contribution in [0.15, 0.2) is 30.5 Å². The van der Waals surface area contributed by atoms with Crippen molar-refractivity contribution in [3.8, 4) is 0 Å². The van der Waals surface area contributed by atoms with Crippen molar-refractivity contribution in [2.24, 2.45) is 0 Å². The Hall–Kier alpha value is -2.17. The van der Waals surface area contributed by atoms with E-state index in [0.29, 0.717) is 18.4 Å². The predicted octanol–water partition coefficient (Wildman–Crippen LogP) is 2.58. The first-order valence-electron chi connectivity index (χ1n) is 6.67. The van der Waals surface area contributed by atoms with Crippen molar-refractivity contribution in [2.45, 2.75) is 31.7 Å². The molecule has 1 aromatic heterocycles. The largest absolute Gasteiger partial charge is 0.481 e. The minimum Gasteiger partial charge on any atom is -0.481 e. The van der Waals surface area contributed by atoms with Gasteiger partial charge in [-0.05, 0) is 24.5 Å². The molecule has 20 heavy (non-hydrogen) atoms. The molecule has 3 rings (SSSR count). The third-order valence-electron chi connectivity index (χ3n) is 3.81. The molecule has 1 aliphatic rings. The lowest BCUT2D eigenvalue weighted by molar-refractivity contribution is -0.139. The maximum absolute atomic E-state index is 13.7. The Balaban J connectivity index is 1.93. The van der Waals surface area contributed by atoms with Gasteiger partial charge in [0.25, 0.3) is 0 Å². The van der Waals surface area contributed by atoms with Crippen LogP contribution in [0.5, 0.6) is 0 Å². The molecule has 1 N–H and O–H groups in total. The second-order valence-electron chi connectivity index (χ2n) is 5.05. The average Bonchev–Trinajstić information content (AvgIpc) is 2.84. The molecule has 0 radical (unpaired) electrons. The number of fused-ring (bicyclic) bond motifs is 1. The zero-order valence-corrected chi connectivity index (χ0v) is 10.9. The molecule has 1 unspecified atom stereocenters. The van der Waals surface area contributed by atoms with Crippen LogP contribution in [0.3, 0.4) is 0 Å². The number of halogens is 1. The van der Waals surface area contributed by atoms with Crippen LogP contribution in [0.25, 0.3) is 0 Å². The molecule has 2 heterocycles. The molecule has 0 amide bonds. The van der Waals surface area contributed by atoms with Crippen LogP contribution >= 0.6 is 0 Å². The minimum absolute atomic E-state index is 0.254. The Labute approximate surface area is 115 Å². The molecule has 1 aliphatic heterocycles. The van der Waals surface area contributed by atoms with Gasteiger partial charge in [0.1, 0.15) is 11.6 Å². The molecule has 0 saturated heterocycles. The molecule has 1 aromatic carbocycles. The number of aromatic nitrogens is 2. The van der Waals surface area contributed by atoms with Gasteiger partial charge in [-0.1, -0.05) is 18.2 Å². The normalized spacial score (nSPS) is 17.8. The van der Waals surface area contributed by atoms with Crippen molar-refractivity contribution in [2.75, 3.05) is 0 Å². The number of benzene rings is 1. The quantitative estimate of drug-likeness (QED) is 0.936. The first kappa shape index (κ1) is 12.8. The molecule has 4 nitrogen and oxygen atoms in total. The molecule has 0 fully saturated rings. The van der Waals surface area contributed by atoms with Crippen molar-refractivity contribution in [3.05, 3.63) is 53.4 Å². The minimum atomic E-state index is -0.816. The summed E-state index contributed by atoms with van der Waals surface area (Å²) in [4.78, 5) is 15.5. The summed E-state index contributed by atoms with van der Waals surface area (Å²) < 4.78 is 15.6. The molecule has 0 spiro atoms. The molecule has 2 aromatic rings. The van der Waals surface area contributed by atoms with Crippen LogP contribution in [0.2, 0.25) is 0 Å². The van der Waals surface area contributed by atoms with Gasteiger partial charge in [0.05, 0.1) is 11.6 Å². The first-order valence-corrected chi connectivity index (χ1v) is 6.67. The van der Waals surface area contributed by atoms with Crippen molar-refractivity contribution < 1.29 is 14.3 Å². The van der Waals surface area contributed by atoms with Gasteiger partial charge in [-0.2, -0.15) is 0 Å². The zero-order chi connectivity index (χ0) is 14.1. The molecule has 0 saturated carbocycles. The second-order valence-corrected chi connectivity index (χ2v) is 5.05. The number of carbonyl (C=O) groups is 1. The smallest absolute Gasteiger partial charge is 0.312 e. The third kappa shape index (κ3) is 2.19. The van der Waals surface area contributed by atoms with E-state index in [1.54, 1.807) is 24.4 Å². The average molecular weight is 274 g/mol. The Morgan fingerprint density at radius 2 is 2.25 bits per heavy atom. The first-order chi connectivity index (χ1) is 9.66. The molecule has 0 bridgehead atoms. The van der Waals surface area contributed by atoms with Gasteiger partial charge in [-0.15, -0.1) is 0 Å². The fourth-order valence-electron chi connectivity index (χ4n) is 2.77. The highest BCUT2D eigenvalue weighted by Crippen LogP contribution is 2.29. The number of hydrogen-bond acceptors (Lipinski definition) is 2. The van der Waals surface area contributed by atoms with Gasteiger partial charge in [0.2, 0.25) is 0 Å². The van der Waals surface area contributed by atoms with E-state index >= 15 is 0 Å². The summed E-state index contributed by atoms with van der Waals surface area (Å²) in [6.45, 7) is 0.753. The number of rotatable bonds is 3. The van der Waals surface area contributed by atoms with Gasteiger partial charge >= 0.3 is 5.97 Å². The molecular weight excluding hydrogens is 259 g/mol. The maximum atomic E-state index is 13.7. The Bertz CT molecular complexity index is 651. The summed E-state index contributed by atoms with van der Waals surface area (Å²) in [5.74, 6) is -0.833. The molecule has 5 heteroatoms. The predicted molar refractivity (Wildman–Crippen MR) is 71.0 cm³/mol. The van der Waals surface area contributed by atoms with Crippen LogP contribution in [0, 0.1) is 5.82 Å². The number of imidazole rings is 1. The topological polar surface area (TPSA) is 55.1 Å². The van der Waals surface area contributed by atoms with E-state index in [1.165, 1.54) is 6.07 Å². The van der Waals surface area contributed by atoms with E-state index < -0.39 is 11.9 Å². The summed E-state index contributed by atoms with van der Waals surface area (Å²) >= 11 is 0. The summed E-state index contributed by atoms with van der Waals surface area (Å²) in [5.41, 5.74) is 1.31. The van der Waals surface area contributed by atoms with Gasteiger partial charge in [-0.25, -0.2) is 9.37 Å². The van der Waals surface area contributed by atoms with Gasteiger partial charge < -0.3 is 9.67 Å². The van der Waals surface area contributed by atoms with E-state index in [-0.39, 0.29) is 5.82 Å². The number of carboxylic acid groups (broad SMARTS) is 1. The number of carboxylic acids is 1. The highest BCUT2D eigenvalue weighted by Gasteiger charge is 2.28. The lowest BCUT2D eigenvalue weighted by Gasteiger charge is -2.22. The summed E-state index contributed by atoms with van der Waals surface area (Å²) in [6, 6.07) is 6.60. The van der Waals surface area contributed by atoms with Crippen LogP contribution in [0.4, 0.5) is 4.39 Å². The highest BCUT2D eigenvalue weighted by molar-refractivity contribution is 5.75. The van der Waals surface area contributed by atoms with Gasteiger partial charge in [-0.3, -0.25) is 4.79 Å². The van der Waals surface area contributed by atoms with E-state index in [9.17, 15) is 14.3 Å². The van der Waals surface area contributed by atoms with Crippen LogP contribution in [-0.2, 0) is 17.8 Å². The van der Waals surface area contributed by atoms with Crippen LogP contribution < -0.4 is 0 Å². The van der Waals surface area contributed by atoms with Crippen molar-refractivity contribution >= 4 is 5.97 Å². The van der Waals surface area contributed by atoms with Crippen LogP contribution in [0.1, 0.15) is 35.8 Å². The second kappa shape index (κ2) is 5.07. The maximum Gasteiger partial charge on any atom is 0.312 e. The van der Waals surface area contributed by atoms with E-state index in [1.807, 2.05) is 4.57 Å². The van der Waals surface area contributed by atoms with Crippen molar-refractivity contribution in [3.63, 3.8) is 0 Å². The fourth-order valence-corrected chi connectivity index (χ4v) is 2.77. The molecule has 104 valence electrons. The van der Waals surface area contributed by atoms with Crippen molar-refractivity contribution in [1.29, 1.82) is 0 Å². The Morgan fingerprint density at radius 3 is 3.00 bits per heavy atom. The lowest BCUT2D eigenvalue weighted by Crippen LogP contribution is -2.22. The fraction of sp³-hybridized carbons (Fsp3) is 0.333. The van der Waals surface area contributed by atoms with Crippen molar-refractivity contribution in [1.82, 2.24) is 9.55 Å². The molecule has 1 atom stereocenters. The standard InChI is InChI=1S/C15H15FN2O2/c16-12-6-2-1-4-10(12)8-14-17-9-13-11(15(19)20)5-3-7-18(13)14/h1-2,4,6,9,11H,3,5,7-8H2,(H,19,20). The third-order valence-corrected chi connectivity index (χ3v) is 3.81. The van der Waals surface area contributed by atoms with Crippen LogP contribution in [-0.4, -0.2) is 20.6 Å². The molecule has 0 aliphatic carbocycles. The number of hydrogen-bond donors (Lipinski definition) is 1. The van der Waals surface area contributed by atoms with Gasteiger partial charge in [0.15, 0.2) is 0 Å². The number of aliphatic carboxylic acids is 1.